The number of hydrogen-bond donors (Lipinski definition) is 2. The van der Waals surface area contributed by atoms with E-state index in [1.54, 1.807) is 6.92 Å². The molecule has 20 heavy (non-hydrogen) atoms. The normalized spacial score (nSPS) is 13.4. The minimum atomic E-state index is -1.14. The van der Waals surface area contributed by atoms with Gasteiger partial charge in [-0.1, -0.05) is 26.3 Å². The molecule has 0 aromatic heterocycles. The molecule has 2 atom stereocenters. The van der Waals surface area contributed by atoms with Gasteiger partial charge in [0.15, 0.2) is 11.6 Å². The van der Waals surface area contributed by atoms with Crippen molar-refractivity contribution in [1.29, 1.82) is 0 Å². The minimum Gasteiger partial charge on any atom is -0.494 e. The highest BCUT2D eigenvalue weighted by molar-refractivity contribution is 5.97. The first-order valence-electron chi connectivity index (χ1n) is 6.28. The average Bonchev–Trinajstić information content (AvgIpc) is 2.43. The van der Waals surface area contributed by atoms with Crippen LogP contribution in [0.15, 0.2) is 18.2 Å². The van der Waals surface area contributed by atoms with E-state index in [0.717, 1.165) is 0 Å². The number of carboxylic acid groups (broad SMARTS) is 1. The summed E-state index contributed by atoms with van der Waals surface area (Å²) >= 11 is 0. The van der Waals surface area contributed by atoms with Crippen LogP contribution in [0.2, 0.25) is 0 Å². The molecule has 0 fully saturated rings. The van der Waals surface area contributed by atoms with Gasteiger partial charge >= 0.3 is 5.97 Å². The van der Waals surface area contributed by atoms with Gasteiger partial charge < -0.3 is 15.2 Å². The zero-order valence-corrected chi connectivity index (χ0v) is 11.6. The van der Waals surface area contributed by atoms with E-state index in [4.69, 9.17) is 9.84 Å². The van der Waals surface area contributed by atoms with Crippen LogP contribution in [0, 0.1) is 11.7 Å². The molecule has 110 valence electrons. The molecule has 1 aromatic carbocycles. The summed E-state index contributed by atoms with van der Waals surface area (Å²) in [7, 11) is 1.29. The molecule has 5 nitrogen and oxygen atoms in total. The number of halogens is 1. The van der Waals surface area contributed by atoms with Crippen LogP contribution in [0.4, 0.5) is 4.39 Å². The van der Waals surface area contributed by atoms with Crippen molar-refractivity contribution in [2.45, 2.75) is 26.3 Å². The Kier molecular flexibility index (Phi) is 5.49. The number of carboxylic acids is 1. The van der Waals surface area contributed by atoms with Crippen LogP contribution < -0.4 is 10.1 Å². The van der Waals surface area contributed by atoms with Gasteiger partial charge in [-0.05, 0) is 18.1 Å². The van der Waals surface area contributed by atoms with Crippen molar-refractivity contribution in [3.8, 4) is 5.75 Å². The van der Waals surface area contributed by atoms with Crippen molar-refractivity contribution in [3.05, 3.63) is 29.6 Å². The topological polar surface area (TPSA) is 75.6 Å². The second-order valence-corrected chi connectivity index (χ2v) is 4.50. The van der Waals surface area contributed by atoms with Gasteiger partial charge in [-0.15, -0.1) is 0 Å². The number of amides is 1. The predicted octanol–water partition coefficient (Wildman–Crippen LogP) is 2.06. The lowest BCUT2D eigenvalue weighted by Gasteiger charge is -2.20. The van der Waals surface area contributed by atoms with Crippen LogP contribution in [0.1, 0.15) is 30.6 Å². The number of carbonyl (C=O) groups excluding carboxylic acids is 1. The Morgan fingerprint density at radius 2 is 2.10 bits per heavy atom. The highest BCUT2D eigenvalue weighted by Gasteiger charge is 2.27. The molecule has 1 rings (SSSR count). The fourth-order valence-electron chi connectivity index (χ4n) is 1.75. The molecule has 0 radical (unpaired) electrons. The number of carbonyl (C=O) groups is 2. The third-order valence-electron chi connectivity index (χ3n) is 3.19. The summed E-state index contributed by atoms with van der Waals surface area (Å²) in [6, 6.07) is 3.08. The van der Waals surface area contributed by atoms with Crippen molar-refractivity contribution in [1.82, 2.24) is 5.32 Å². The minimum absolute atomic E-state index is 0.0620. The highest BCUT2D eigenvalue weighted by Crippen LogP contribution is 2.20. The number of benzene rings is 1. The van der Waals surface area contributed by atoms with Gasteiger partial charge in [0, 0.05) is 0 Å². The second-order valence-electron chi connectivity index (χ2n) is 4.50. The molecule has 0 bridgehead atoms. The quantitative estimate of drug-likeness (QED) is 0.838. The number of rotatable bonds is 6. The Bertz CT molecular complexity index is 504. The van der Waals surface area contributed by atoms with Crippen LogP contribution in [-0.4, -0.2) is 30.1 Å². The maximum atomic E-state index is 13.9. The summed E-state index contributed by atoms with van der Waals surface area (Å²) in [6.45, 7) is 3.53. The number of methoxy groups -OCH3 is 1. The van der Waals surface area contributed by atoms with Crippen LogP contribution in [0.5, 0.6) is 5.75 Å². The standard InChI is InChI=1S/C14H18FNO4/c1-4-8(2)12(14(18)19)16-13(17)9-6-5-7-10(20-3)11(9)15/h5-8,12H,4H2,1-3H3,(H,16,17)(H,18,19). The first kappa shape index (κ1) is 15.9. The molecule has 0 saturated heterocycles. The van der Waals surface area contributed by atoms with E-state index in [2.05, 4.69) is 5.32 Å². The van der Waals surface area contributed by atoms with E-state index < -0.39 is 23.7 Å². The van der Waals surface area contributed by atoms with Crippen molar-refractivity contribution in [2.24, 2.45) is 5.92 Å². The molecule has 6 heteroatoms. The van der Waals surface area contributed by atoms with Crippen molar-refractivity contribution >= 4 is 11.9 Å². The summed E-state index contributed by atoms with van der Waals surface area (Å²) < 4.78 is 18.7. The molecule has 0 aliphatic heterocycles. The molecule has 2 N–H and O–H groups in total. The van der Waals surface area contributed by atoms with Crippen LogP contribution in [0.25, 0.3) is 0 Å². The lowest BCUT2D eigenvalue weighted by atomic mass is 9.99. The van der Waals surface area contributed by atoms with Gasteiger partial charge in [0.05, 0.1) is 12.7 Å². The number of ether oxygens (including phenoxy) is 1. The van der Waals surface area contributed by atoms with Gasteiger partial charge in [0.2, 0.25) is 0 Å². The molecule has 0 aliphatic carbocycles. The van der Waals surface area contributed by atoms with Crippen molar-refractivity contribution < 1.29 is 23.8 Å². The van der Waals surface area contributed by atoms with E-state index in [9.17, 15) is 14.0 Å². The number of aliphatic carboxylic acids is 1. The van der Waals surface area contributed by atoms with E-state index in [-0.39, 0.29) is 17.2 Å². The summed E-state index contributed by atoms with van der Waals surface area (Å²) in [5, 5.41) is 11.4. The monoisotopic (exact) mass is 283 g/mol. The Balaban J connectivity index is 2.98. The third-order valence-corrected chi connectivity index (χ3v) is 3.19. The Hall–Kier alpha value is -2.11. The predicted molar refractivity (Wildman–Crippen MR) is 71.3 cm³/mol. The van der Waals surface area contributed by atoms with Gasteiger partial charge in [0.1, 0.15) is 6.04 Å². The van der Waals surface area contributed by atoms with Gasteiger partial charge in [-0.3, -0.25) is 4.79 Å². The van der Waals surface area contributed by atoms with Gasteiger partial charge in [-0.2, -0.15) is 0 Å². The largest absolute Gasteiger partial charge is 0.494 e. The number of hydrogen-bond acceptors (Lipinski definition) is 3. The molecule has 0 saturated carbocycles. The van der Waals surface area contributed by atoms with Gasteiger partial charge in [-0.25, -0.2) is 9.18 Å². The maximum Gasteiger partial charge on any atom is 0.326 e. The highest BCUT2D eigenvalue weighted by atomic mass is 19.1. The van der Waals surface area contributed by atoms with Crippen LogP contribution in [-0.2, 0) is 4.79 Å². The fraction of sp³-hybridized carbons (Fsp3) is 0.429. The van der Waals surface area contributed by atoms with Crippen molar-refractivity contribution in [3.63, 3.8) is 0 Å². The summed E-state index contributed by atoms with van der Waals surface area (Å²) in [4.78, 5) is 23.1. The molecule has 0 spiro atoms. The molecular weight excluding hydrogens is 265 g/mol. The zero-order valence-electron chi connectivity index (χ0n) is 11.6. The van der Waals surface area contributed by atoms with E-state index >= 15 is 0 Å². The summed E-state index contributed by atoms with van der Waals surface area (Å²) in [5.41, 5.74) is -0.237. The molecule has 0 heterocycles. The Morgan fingerprint density at radius 1 is 1.45 bits per heavy atom. The maximum absolute atomic E-state index is 13.9. The molecule has 2 unspecified atom stereocenters. The average molecular weight is 283 g/mol. The number of nitrogens with one attached hydrogen (secondary N) is 1. The fourth-order valence-corrected chi connectivity index (χ4v) is 1.75. The lowest BCUT2D eigenvalue weighted by molar-refractivity contribution is -0.140. The molecule has 1 amide bonds. The zero-order chi connectivity index (χ0) is 15.3. The summed E-state index contributed by atoms with van der Waals surface area (Å²) in [6.07, 6.45) is 0.581. The Labute approximate surface area is 116 Å². The van der Waals surface area contributed by atoms with Crippen LogP contribution in [0.3, 0.4) is 0 Å². The van der Waals surface area contributed by atoms with E-state index in [1.807, 2.05) is 6.92 Å². The first-order chi connectivity index (χ1) is 9.42. The third kappa shape index (κ3) is 3.46. The Morgan fingerprint density at radius 3 is 2.60 bits per heavy atom. The molecule has 1 aromatic rings. The van der Waals surface area contributed by atoms with E-state index in [1.165, 1.54) is 25.3 Å². The van der Waals surface area contributed by atoms with Crippen molar-refractivity contribution in [2.75, 3.05) is 7.11 Å². The summed E-state index contributed by atoms with van der Waals surface area (Å²) in [5.74, 6) is -3.04. The lowest BCUT2D eigenvalue weighted by Crippen LogP contribution is -2.45. The van der Waals surface area contributed by atoms with Crippen LogP contribution >= 0.6 is 0 Å². The smallest absolute Gasteiger partial charge is 0.326 e. The van der Waals surface area contributed by atoms with E-state index in [0.29, 0.717) is 6.42 Å². The molecule has 0 aliphatic rings. The van der Waals surface area contributed by atoms with Gasteiger partial charge in [0.25, 0.3) is 5.91 Å². The SMILES string of the molecule is CCC(C)C(NC(=O)c1cccc(OC)c1F)C(=O)O. The second kappa shape index (κ2) is 6.88. The molecular formula is C14H18FNO4. The first-order valence-corrected chi connectivity index (χ1v) is 6.28.